The fourth-order valence-corrected chi connectivity index (χ4v) is 4.71. The Kier molecular flexibility index (Phi) is 4.97. The van der Waals surface area contributed by atoms with Crippen molar-refractivity contribution in [2.24, 2.45) is 23.7 Å². The van der Waals surface area contributed by atoms with Gasteiger partial charge in [0.1, 0.15) is 6.54 Å². The lowest BCUT2D eigenvalue weighted by atomic mass is 9.85. The molecule has 3 amide bonds. The maximum atomic E-state index is 12.8. The first-order chi connectivity index (χ1) is 14.4. The molecule has 30 heavy (non-hydrogen) atoms. The quantitative estimate of drug-likeness (QED) is 0.423. The van der Waals surface area contributed by atoms with Gasteiger partial charge in [-0.2, -0.15) is 0 Å². The standard InChI is InChI=1S/C21H22N2O7/c1-28-14-7-12(21(27)30-3)13(8-15(14)29-2)22-16(24)9-23-19(25)17-10-4-5-11(6-10)18(17)20(23)26/h4-5,7-8,10-11,17-18H,6,9H2,1-3H3,(H,22,24)/t10-,11+,17-,18-/m0/s1. The molecule has 2 fully saturated rings. The smallest absolute Gasteiger partial charge is 0.340 e. The topological polar surface area (TPSA) is 111 Å². The fourth-order valence-electron chi connectivity index (χ4n) is 4.71. The van der Waals surface area contributed by atoms with Crippen LogP contribution in [0.5, 0.6) is 11.5 Å². The van der Waals surface area contributed by atoms with Crippen molar-refractivity contribution >= 4 is 29.4 Å². The molecule has 2 aliphatic carbocycles. The molecule has 1 aromatic rings. The Morgan fingerprint density at radius 1 is 1.00 bits per heavy atom. The van der Waals surface area contributed by atoms with E-state index in [1.807, 2.05) is 12.2 Å². The molecule has 158 valence electrons. The van der Waals surface area contributed by atoms with Crippen LogP contribution in [0.3, 0.4) is 0 Å². The Morgan fingerprint density at radius 3 is 2.10 bits per heavy atom. The zero-order valence-corrected chi connectivity index (χ0v) is 16.8. The van der Waals surface area contributed by atoms with Gasteiger partial charge in [-0.15, -0.1) is 0 Å². The lowest BCUT2D eigenvalue weighted by Gasteiger charge is -2.18. The van der Waals surface area contributed by atoms with E-state index in [2.05, 4.69) is 5.32 Å². The second kappa shape index (κ2) is 7.47. The van der Waals surface area contributed by atoms with Crippen LogP contribution in [0, 0.1) is 23.7 Å². The van der Waals surface area contributed by atoms with Crippen LogP contribution in [-0.2, 0) is 19.1 Å². The molecule has 0 spiro atoms. The molecule has 0 unspecified atom stereocenters. The van der Waals surface area contributed by atoms with Gasteiger partial charge in [0.15, 0.2) is 11.5 Å². The largest absolute Gasteiger partial charge is 0.493 e. The number of anilines is 1. The number of esters is 1. The Bertz CT molecular complexity index is 940. The third-order valence-electron chi connectivity index (χ3n) is 6.07. The number of rotatable bonds is 6. The Balaban J connectivity index is 1.54. The summed E-state index contributed by atoms with van der Waals surface area (Å²) in [6.45, 7) is -0.418. The normalized spacial score (nSPS) is 26.0. The van der Waals surface area contributed by atoms with E-state index in [0.29, 0.717) is 5.75 Å². The van der Waals surface area contributed by atoms with E-state index in [9.17, 15) is 19.2 Å². The van der Waals surface area contributed by atoms with Crippen LogP contribution in [0.2, 0.25) is 0 Å². The van der Waals surface area contributed by atoms with E-state index in [4.69, 9.17) is 14.2 Å². The molecule has 3 aliphatic rings. The monoisotopic (exact) mass is 414 g/mol. The first kappa shape index (κ1) is 19.9. The molecule has 1 aromatic carbocycles. The van der Waals surface area contributed by atoms with Crippen molar-refractivity contribution in [3.63, 3.8) is 0 Å². The van der Waals surface area contributed by atoms with Crippen molar-refractivity contribution in [3.8, 4) is 11.5 Å². The number of allylic oxidation sites excluding steroid dienone is 2. The number of nitrogens with zero attached hydrogens (tertiary/aromatic N) is 1. The highest BCUT2D eigenvalue weighted by atomic mass is 16.5. The minimum atomic E-state index is -0.684. The highest BCUT2D eigenvalue weighted by Gasteiger charge is 2.59. The van der Waals surface area contributed by atoms with Gasteiger partial charge < -0.3 is 19.5 Å². The van der Waals surface area contributed by atoms with E-state index in [-0.39, 0.29) is 52.5 Å². The number of imide groups is 1. The van der Waals surface area contributed by atoms with Gasteiger partial charge in [0.05, 0.1) is 44.4 Å². The van der Waals surface area contributed by atoms with Gasteiger partial charge in [-0.25, -0.2) is 4.79 Å². The minimum absolute atomic E-state index is 0.0571. The first-order valence-corrected chi connectivity index (χ1v) is 9.57. The Hall–Kier alpha value is -3.36. The van der Waals surface area contributed by atoms with Crippen molar-refractivity contribution in [1.82, 2.24) is 4.90 Å². The molecular weight excluding hydrogens is 392 g/mol. The summed E-state index contributed by atoms with van der Waals surface area (Å²) in [6.07, 6.45) is 4.81. The van der Waals surface area contributed by atoms with Crippen molar-refractivity contribution in [1.29, 1.82) is 0 Å². The molecule has 4 atom stereocenters. The summed E-state index contributed by atoms with van der Waals surface area (Å²) in [5.74, 6) is -1.91. The molecule has 2 bridgehead atoms. The summed E-state index contributed by atoms with van der Waals surface area (Å²) in [7, 11) is 4.05. The number of fused-ring (bicyclic) bond motifs is 5. The number of nitrogens with one attached hydrogen (secondary N) is 1. The van der Waals surface area contributed by atoms with Gasteiger partial charge in [-0.1, -0.05) is 12.2 Å². The van der Waals surface area contributed by atoms with Crippen LogP contribution in [0.4, 0.5) is 5.69 Å². The van der Waals surface area contributed by atoms with Crippen LogP contribution in [0.1, 0.15) is 16.8 Å². The summed E-state index contributed by atoms with van der Waals surface area (Å²) in [4.78, 5) is 51.4. The van der Waals surface area contributed by atoms with Crippen LogP contribution < -0.4 is 14.8 Å². The van der Waals surface area contributed by atoms with Gasteiger partial charge in [-0.05, 0) is 18.3 Å². The number of likely N-dealkylation sites (tertiary alicyclic amines) is 1. The Morgan fingerprint density at radius 2 is 1.57 bits per heavy atom. The van der Waals surface area contributed by atoms with Gasteiger partial charge >= 0.3 is 5.97 Å². The number of carbonyl (C=O) groups is 4. The molecule has 0 aromatic heterocycles. The van der Waals surface area contributed by atoms with Gasteiger partial charge in [0.2, 0.25) is 17.7 Å². The van der Waals surface area contributed by atoms with Crippen molar-refractivity contribution in [2.75, 3.05) is 33.2 Å². The number of ether oxygens (including phenoxy) is 3. The maximum Gasteiger partial charge on any atom is 0.340 e. The first-order valence-electron chi connectivity index (χ1n) is 9.57. The number of methoxy groups -OCH3 is 3. The van der Waals surface area contributed by atoms with E-state index in [1.54, 1.807) is 0 Å². The van der Waals surface area contributed by atoms with Crippen LogP contribution in [0.15, 0.2) is 24.3 Å². The zero-order chi connectivity index (χ0) is 21.6. The molecule has 1 heterocycles. The van der Waals surface area contributed by atoms with E-state index >= 15 is 0 Å². The molecule has 1 saturated heterocycles. The number of carbonyl (C=O) groups excluding carboxylic acids is 4. The second-order valence-corrected chi connectivity index (χ2v) is 7.56. The fraction of sp³-hybridized carbons (Fsp3) is 0.429. The number of hydrogen-bond acceptors (Lipinski definition) is 7. The average Bonchev–Trinajstić information content (AvgIpc) is 3.43. The lowest BCUT2D eigenvalue weighted by Crippen LogP contribution is -2.39. The predicted molar refractivity (Wildman–Crippen MR) is 104 cm³/mol. The highest BCUT2D eigenvalue weighted by Crippen LogP contribution is 2.52. The summed E-state index contributed by atoms with van der Waals surface area (Å²) >= 11 is 0. The third kappa shape index (κ3) is 3.01. The second-order valence-electron chi connectivity index (χ2n) is 7.56. The molecule has 1 aliphatic heterocycles. The van der Waals surface area contributed by atoms with Crippen LogP contribution in [-0.4, -0.2) is 56.5 Å². The predicted octanol–water partition coefficient (Wildman–Crippen LogP) is 1.24. The van der Waals surface area contributed by atoms with Crippen LogP contribution >= 0.6 is 0 Å². The number of hydrogen-bond donors (Lipinski definition) is 1. The van der Waals surface area contributed by atoms with E-state index in [1.165, 1.54) is 33.5 Å². The van der Waals surface area contributed by atoms with Gasteiger partial charge in [0, 0.05) is 12.1 Å². The SMILES string of the molecule is COC(=O)c1cc(OC)c(OC)cc1NC(=O)CN1C(=O)[C@@H]2[C@@H](C1=O)[C@H]1C=C[C@@H]2C1. The lowest BCUT2D eigenvalue weighted by molar-refractivity contribution is -0.143. The van der Waals surface area contributed by atoms with Crippen molar-refractivity contribution in [3.05, 3.63) is 29.8 Å². The maximum absolute atomic E-state index is 12.8. The summed E-state index contributed by atoms with van der Waals surface area (Å²) in [5.41, 5.74) is 0.187. The third-order valence-corrected chi connectivity index (χ3v) is 6.07. The van der Waals surface area contributed by atoms with Crippen molar-refractivity contribution in [2.45, 2.75) is 6.42 Å². The summed E-state index contributed by atoms with van der Waals surface area (Å²) in [5, 5.41) is 2.59. The number of benzene rings is 1. The van der Waals surface area contributed by atoms with Crippen molar-refractivity contribution < 1.29 is 33.4 Å². The Labute approximate surface area is 172 Å². The van der Waals surface area contributed by atoms with Gasteiger partial charge in [-0.3, -0.25) is 19.3 Å². The molecule has 9 heteroatoms. The van der Waals surface area contributed by atoms with E-state index in [0.717, 1.165) is 11.3 Å². The molecule has 1 N–H and O–H groups in total. The van der Waals surface area contributed by atoms with Gasteiger partial charge in [0.25, 0.3) is 0 Å². The zero-order valence-electron chi connectivity index (χ0n) is 16.8. The molecule has 1 saturated carbocycles. The summed E-state index contributed by atoms with van der Waals surface area (Å²) < 4.78 is 15.2. The molecule has 4 rings (SSSR count). The number of amides is 3. The summed E-state index contributed by atoms with van der Waals surface area (Å²) in [6, 6.07) is 2.82. The molecule has 0 radical (unpaired) electrons. The molecule has 9 nitrogen and oxygen atoms in total. The average molecular weight is 414 g/mol. The minimum Gasteiger partial charge on any atom is -0.493 e. The van der Waals surface area contributed by atoms with Crippen LogP contribution in [0.25, 0.3) is 0 Å². The highest BCUT2D eigenvalue weighted by molar-refractivity contribution is 6.10. The molecular formula is C21H22N2O7. The van der Waals surface area contributed by atoms with E-state index < -0.39 is 18.4 Å².